The van der Waals surface area contributed by atoms with Crippen LogP contribution in [0.5, 0.6) is 0 Å². The molecule has 0 aliphatic rings. The van der Waals surface area contributed by atoms with Gasteiger partial charge in [0.1, 0.15) is 0 Å². The van der Waals surface area contributed by atoms with Crippen molar-refractivity contribution in [3.8, 4) is 0 Å². The molecule has 0 spiro atoms. The first-order valence-electron chi connectivity index (χ1n) is 7.35. The van der Waals surface area contributed by atoms with E-state index < -0.39 is 10.0 Å². The van der Waals surface area contributed by atoms with Crippen molar-refractivity contribution in [2.24, 2.45) is 0 Å². The normalized spacial score (nSPS) is 11.6. The summed E-state index contributed by atoms with van der Waals surface area (Å²) in [4.78, 5) is 14.2. The maximum Gasteiger partial charge on any atom is 0.255 e. The van der Waals surface area contributed by atoms with E-state index in [4.69, 9.17) is 23.2 Å². The summed E-state index contributed by atoms with van der Waals surface area (Å²) >= 11 is 12.0. The molecule has 25 heavy (non-hydrogen) atoms. The smallest absolute Gasteiger partial charge is 0.255 e. The van der Waals surface area contributed by atoms with Gasteiger partial charge in [0, 0.05) is 32.7 Å². The van der Waals surface area contributed by atoms with Crippen LogP contribution in [0.1, 0.15) is 15.9 Å². The van der Waals surface area contributed by atoms with Crippen LogP contribution in [-0.4, -0.2) is 44.7 Å². The number of halogens is 2. The fourth-order valence-electron chi connectivity index (χ4n) is 2.18. The summed E-state index contributed by atoms with van der Waals surface area (Å²) in [5.74, 6) is -0.365. The Balaban J connectivity index is 2.30. The standard InChI is InChI=1S/C17H18Cl2N2O3S/c1-20(2)25(23,24)14-8-9-16(19)15(10-14)17(22)21(3)11-12-4-6-13(18)7-5-12/h4-10H,11H2,1-3H3. The number of hydrogen-bond donors (Lipinski definition) is 0. The average molecular weight is 401 g/mol. The number of benzene rings is 2. The summed E-state index contributed by atoms with van der Waals surface area (Å²) in [6, 6.07) is 11.2. The first-order chi connectivity index (χ1) is 11.6. The summed E-state index contributed by atoms with van der Waals surface area (Å²) in [5, 5.41) is 0.813. The zero-order valence-electron chi connectivity index (χ0n) is 14.0. The number of hydrogen-bond acceptors (Lipinski definition) is 3. The van der Waals surface area contributed by atoms with Crippen LogP contribution in [0.15, 0.2) is 47.4 Å². The van der Waals surface area contributed by atoms with E-state index in [1.165, 1.54) is 37.2 Å². The lowest BCUT2D eigenvalue weighted by Gasteiger charge is -2.19. The molecule has 0 aliphatic carbocycles. The van der Waals surface area contributed by atoms with Crippen LogP contribution in [-0.2, 0) is 16.6 Å². The second-order valence-corrected chi connectivity index (χ2v) is 8.71. The van der Waals surface area contributed by atoms with Gasteiger partial charge in [-0.15, -0.1) is 0 Å². The monoisotopic (exact) mass is 400 g/mol. The van der Waals surface area contributed by atoms with Gasteiger partial charge in [-0.25, -0.2) is 12.7 Å². The number of sulfonamides is 1. The van der Waals surface area contributed by atoms with Crippen LogP contribution < -0.4 is 0 Å². The van der Waals surface area contributed by atoms with Crippen LogP contribution >= 0.6 is 23.2 Å². The molecule has 0 radical (unpaired) electrons. The van der Waals surface area contributed by atoms with Crippen molar-refractivity contribution in [2.45, 2.75) is 11.4 Å². The molecule has 0 heterocycles. The molecule has 5 nitrogen and oxygen atoms in total. The zero-order valence-corrected chi connectivity index (χ0v) is 16.4. The Morgan fingerprint density at radius 3 is 2.16 bits per heavy atom. The molecule has 2 rings (SSSR count). The minimum atomic E-state index is -3.65. The molecule has 0 saturated heterocycles. The van der Waals surface area contributed by atoms with E-state index >= 15 is 0 Å². The average Bonchev–Trinajstić information content (AvgIpc) is 2.56. The highest BCUT2D eigenvalue weighted by Gasteiger charge is 2.22. The molecule has 134 valence electrons. The number of nitrogens with zero attached hydrogens (tertiary/aromatic N) is 2. The van der Waals surface area contributed by atoms with Crippen molar-refractivity contribution < 1.29 is 13.2 Å². The fraction of sp³-hybridized carbons (Fsp3) is 0.235. The van der Waals surface area contributed by atoms with Gasteiger partial charge >= 0.3 is 0 Å². The van der Waals surface area contributed by atoms with E-state index in [0.717, 1.165) is 9.87 Å². The van der Waals surface area contributed by atoms with Crippen LogP contribution in [0.3, 0.4) is 0 Å². The third-order valence-electron chi connectivity index (χ3n) is 3.63. The van der Waals surface area contributed by atoms with E-state index in [0.29, 0.717) is 11.6 Å². The summed E-state index contributed by atoms with van der Waals surface area (Å²) in [5.41, 5.74) is 1.04. The lowest BCUT2D eigenvalue weighted by Crippen LogP contribution is -2.27. The first kappa shape index (κ1) is 19.7. The molecule has 1 amide bonds. The van der Waals surface area contributed by atoms with Gasteiger partial charge in [0.15, 0.2) is 0 Å². The van der Waals surface area contributed by atoms with Crippen molar-refractivity contribution >= 4 is 39.1 Å². The van der Waals surface area contributed by atoms with Crippen LogP contribution in [0.4, 0.5) is 0 Å². The Morgan fingerprint density at radius 2 is 1.60 bits per heavy atom. The topological polar surface area (TPSA) is 57.7 Å². The van der Waals surface area contributed by atoms with Gasteiger partial charge in [0.05, 0.1) is 15.5 Å². The predicted octanol–water partition coefficient (Wildman–Crippen LogP) is 3.52. The van der Waals surface area contributed by atoms with Crippen LogP contribution in [0, 0.1) is 0 Å². The van der Waals surface area contributed by atoms with Gasteiger partial charge in [0.2, 0.25) is 10.0 Å². The minimum Gasteiger partial charge on any atom is -0.337 e. The molecule has 0 aromatic heterocycles. The third-order valence-corrected chi connectivity index (χ3v) is 6.02. The Hall–Kier alpha value is -1.60. The second kappa shape index (κ2) is 7.74. The number of carbonyl (C=O) groups is 1. The highest BCUT2D eigenvalue weighted by atomic mass is 35.5. The minimum absolute atomic E-state index is 0.0187. The van der Waals surface area contributed by atoms with Crippen molar-refractivity contribution in [1.82, 2.24) is 9.21 Å². The van der Waals surface area contributed by atoms with Gasteiger partial charge in [0.25, 0.3) is 5.91 Å². The Labute approximate surface area is 157 Å². The van der Waals surface area contributed by atoms with Gasteiger partial charge in [-0.3, -0.25) is 4.79 Å². The molecule has 0 atom stereocenters. The molecule has 0 bridgehead atoms. The largest absolute Gasteiger partial charge is 0.337 e. The lowest BCUT2D eigenvalue weighted by molar-refractivity contribution is 0.0785. The molecule has 8 heteroatoms. The molecule has 0 saturated carbocycles. The van der Waals surface area contributed by atoms with E-state index in [1.807, 2.05) is 12.1 Å². The molecule has 2 aromatic carbocycles. The van der Waals surface area contributed by atoms with Crippen molar-refractivity contribution in [2.75, 3.05) is 21.1 Å². The van der Waals surface area contributed by atoms with E-state index in [-0.39, 0.29) is 21.4 Å². The van der Waals surface area contributed by atoms with E-state index in [9.17, 15) is 13.2 Å². The number of carbonyl (C=O) groups excluding carboxylic acids is 1. The molecule has 0 unspecified atom stereocenters. The van der Waals surface area contributed by atoms with Gasteiger partial charge in [-0.05, 0) is 35.9 Å². The third kappa shape index (κ3) is 4.52. The predicted molar refractivity (Wildman–Crippen MR) is 99.6 cm³/mol. The first-order valence-corrected chi connectivity index (χ1v) is 9.54. The second-order valence-electron chi connectivity index (χ2n) is 5.72. The fourth-order valence-corrected chi connectivity index (χ4v) is 3.43. The quantitative estimate of drug-likeness (QED) is 0.771. The van der Waals surface area contributed by atoms with Crippen molar-refractivity contribution in [1.29, 1.82) is 0 Å². The van der Waals surface area contributed by atoms with Crippen molar-refractivity contribution in [3.05, 3.63) is 63.6 Å². The summed E-state index contributed by atoms with van der Waals surface area (Å²) in [7, 11) is 0.833. The summed E-state index contributed by atoms with van der Waals surface area (Å²) < 4.78 is 25.6. The lowest BCUT2D eigenvalue weighted by atomic mass is 10.1. The van der Waals surface area contributed by atoms with Gasteiger partial charge < -0.3 is 4.90 Å². The molecular formula is C17H18Cl2N2O3S. The van der Waals surface area contributed by atoms with Gasteiger partial charge in [-0.1, -0.05) is 35.3 Å². The highest BCUT2D eigenvalue weighted by Crippen LogP contribution is 2.24. The number of amides is 1. The summed E-state index contributed by atoms with van der Waals surface area (Å²) in [6.07, 6.45) is 0. The summed E-state index contributed by atoms with van der Waals surface area (Å²) in [6.45, 7) is 0.344. The van der Waals surface area contributed by atoms with Crippen LogP contribution in [0.25, 0.3) is 0 Å². The molecule has 2 aromatic rings. The molecule has 0 aliphatic heterocycles. The highest BCUT2D eigenvalue weighted by molar-refractivity contribution is 7.89. The van der Waals surface area contributed by atoms with Gasteiger partial charge in [-0.2, -0.15) is 0 Å². The Kier molecular flexibility index (Phi) is 6.11. The molecule has 0 N–H and O–H groups in total. The van der Waals surface area contributed by atoms with Crippen LogP contribution in [0.2, 0.25) is 10.0 Å². The zero-order chi connectivity index (χ0) is 18.8. The van der Waals surface area contributed by atoms with Crippen molar-refractivity contribution in [3.63, 3.8) is 0 Å². The molecule has 0 fully saturated rings. The Bertz CT molecular complexity index is 881. The molecular weight excluding hydrogens is 383 g/mol. The number of rotatable bonds is 5. The SMILES string of the molecule is CN(Cc1ccc(Cl)cc1)C(=O)c1cc(S(=O)(=O)N(C)C)ccc1Cl. The Morgan fingerprint density at radius 1 is 1.00 bits per heavy atom. The maximum absolute atomic E-state index is 12.7. The maximum atomic E-state index is 12.7. The van der Waals surface area contributed by atoms with E-state index in [2.05, 4.69) is 0 Å². The van der Waals surface area contributed by atoms with E-state index in [1.54, 1.807) is 19.2 Å².